The molecular formula is C16H20F3N3O5. The number of anilines is 1. The molecule has 0 radical (unpaired) electrons. The van der Waals surface area contributed by atoms with E-state index >= 15 is 0 Å². The van der Waals surface area contributed by atoms with Crippen LogP contribution in [0, 0.1) is 16.0 Å². The van der Waals surface area contributed by atoms with Gasteiger partial charge in [0.25, 0.3) is 11.6 Å². The Morgan fingerprint density at radius 1 is 1.26 bits per heavy atom. The number of alkyl halides is 3. The first-order valence-electron chi connectivity index (χ1n) is 7.96. The van der Waals surface area contributed by atoms with E-state index in [-0.39, 0.29) is 17.6 Å². The fourth-order valence-corrected chi connectivity index (χ4v) is 1.84. The van der Waals surface area contributed by atoms with Gasteiger partial charge in [-0.2, -0.15) is 13.2 Å². The van der Waals surface area contributed by atoms with Crippen LogP contribution in [0.5, 0.6) is 0 Å². The highest BCUT2D eigenvalue weighted by Crippen LogP contribution is 2.34. The number of rotatable bonds is 8. The minimum Gasteiger partial charge on any atom is -0.454 e. The number of halogens is 3. The van der Waals surface area contributed by atoms with Gasteiger partial charge in [0.15, 0.2) is 6.61 Å². The molecule has 8 nitrogen and oxygen atoms in total. The Labute approximate surface area is 153 Å². The van der Waals surface area contributed by atoms with Crippen molar-refractivity contribution in [1.82, 2.24) is 5.32 Å². The second-order valence-corrected chi connectivity index (χ2v) is 6.10. The first-order valence-corrected chi connectivity index (χ1v) is 7.96. The summed E-state index contributed by atoms with van der Waals surface area (Å²) in [6.07, 6.45) is -4.73. The number of carbonyl (C=O) groups is 2. The molecule has 1 amide bonds. The molecule has 0 fully saturated rings. The van der Waals surface area contributed by atoms with Gasteiger partial charge in [-0.3, -0.25) is 19.7 Å². The van der Waals surface area contributed by atoms with Gasteiger partial charge in [0, 0.05) is 12.1 Å². The Balaban J connectivity index is 2.63. The van der Waals surface area contributed by atoms with E-state index in [0.717, 1.165) is 6.07 Å². The third kappa shape index (κ3) is 7.12. The Hall–Kier alpha value is -2.85. The number of carbonyl (C=O) groups excluding carboxylic acids is 2. The van der Waals surface area contributed by atoms with Gasteiger partial charge in [-0.1, -0.05) is 13.8 Å². The van der Waals surface area contributed by atoms with Crippen molar-refractivity contribution < 1.29 is 32.4 Å². The maximum atomic E-state index is 12.6. The molecule has 11 heteroatoms. The predicted molar refractivity (Wildman–Crippen MR) is 90.0 cm³/mol. The number of amides is 1. The Bertz CT molecular complexity index is 707. The zero-order chi connectivity index (χ0) is 20.8. The molecule has 1 aromatic rings. The van der Waals surface area contributed by atoms with Crippen LogP contribution in [-0.2, 0) is 20.5 Å². The second kappa shape index (κ2) is 9.19. The molecule has 0 bridgehead atoms. The number of nitro benzene ring substituents is 1. The van der Waals surface area contributed by atoms with Crippen LogP contribution in [0.4, 0.5) is 24.5 Å². The Morgan fingerprint density at radius 3 is 2.41 bits per heavy atom. The van der Waals surface area contributed by atoms with Crippen molar-refractivity contribution in [3.63, 3.8) is 0 Å². The molecule has 1 aromatic carbocycles. The average molecular weight is 391 g/mol. The van der Waals surface area contributed by atoms with Crippen molar-refractivity contribution in [1.29, 1.82) is 0 Å². The van der Waals surface area contributed by atoms with Crippen LogP contribution < -0.4 is 10.6 Å². The van der Waals surface area contributed by atoms with Gasteiger partial charge in [0.1, 0.15) is 12.2 Å². The van der Waals surface area contributed by atoms with Crippen molar-refractivity contribution in [2.24, 2.45) is 5.92 Å². The van der Waals surface area contributed by atoms with Crippen molar-refractivity contribution in [2.45, 2.75) is 33.0 Å². The summed E-state index contributed by atoms with van der Waals surface area (Å²) in [5.41, 5.74) is -2.29. The molecule has 27 heavy (non-hydrogen) atoms. The summed E-state index contributed by atoms with van der Waals surface area (Å²) in [7, 11) is 0. The number of nitrogens with zero attached hydrogens (tertiary/aromatic N) is 1. The largest absolute Gasteiger partial charge is 0.454 e. The number of nitrogens with one attached hydrogen (secondary N) is 2. The molecule has 0 saturated carbocycles. The lowest BCUT2D eigenvalue weighted by Gasteiger charge is -2.17. The van der Waals surface area contributed by atoms with Gasteiger partial charge in [-0.05, 0) is 25.0 Å². The van der Waals surface area contributed by atoms with Crippen LogP contribution in [0.3, 0.4) is 0 Å². The van der Waals surface area contributed by atoms with E-state index in [4.69, 9.17) is 4.74 Å². The van der Waals surface area contributed by atoms with Crippen molar-refractivity contribution in [3.8, 4) is 0 Å². The molecule has 1 atom stereocenters. The number of nitro groups is 1. The van der Waals surface area contributed by atoms with E-state index in [1.807, 2.05) is 13.8 Å². The van der Waals surface area contributed by atoms with E-state index in [1.54, 1.807) is 6.92 Å². The van der Waals surface area contributed by atoms with Crippen molar-refractivity contribution in [3.05, 3.63) is 33.9 Å². The third-order valence-corrected chi connectivity index (χ3v) is 3.70. The van der Waals surface area contributed by atoms with Gasteiger partial charge >= 0.3 is 12.1 Å². The quantitative estimate of drug-likeness (QED) is 0.401. The fraction of sp³-hybridized carbons (Fsp3) is 0.500. The maximum Gasteiger partial charge on any atom is 0.416 e. The minimum atomic E-state index is -4.73. The SMILES string of the molecule is CC(C)[C@H](C)NC(=O)COC(=O)CNc1ccc(C(F)(F)F)cc1[N+](=O)[O-]. The van der Waals surface area contributed by atoms with E-state index in [1.165, 1.54) is 0 Å². The monoisotopic (exact) mass is 391 g/mol. The van der Waals surface area contributed by atoms with Gasteiger partial charge in [-0.25, -0.2) is 0 Å². The molecule has 1 rings (SSSR count). The van der Waals surface area contributed by atoms with Gasteiger partial charge < -0.3 is 15.4 Å². The third-order valence-electron chi connectivity index (χ3n) is 3.70. The standard InChI is InChI=1S/C16H20F3N3O5/c1-9(2)10(3)21-14(23)8-27-15(24)7-20-12-5-4-11(16(17,18)19)6-13(12)22(25)26/h4-6,9-10,20H,7-8H2,1-3H3,(H,21,23)/t10-/m0/s1. The summed E-state index contributed by atoms with van der Waals surface area (Å²) in [5, 5.41) is 15.9. The normalized spacial score (nSPS) is 12.4. The first kappa shape index (κ1) is 22.2. The lowest BCUT2D eigenvalue weighted by atomic mass is 10.1. The molecular weight excluding hydrogens is 371 g/mol. The van der Waals surface area contributed by atoms with Crippen LogP contribution in [0.15, 0.2) is 18.2 Å². The summed E-state index contributed by atoms with van der Waals surface area (Å²) < 4.78 is 42.6. The van der Waals surface area contributed by atoms with Crippen LogP contribution in [0.1, 0.15) is 26.3 Å². The molecule has 150 valence electrons. The highest BCUT2D eigenvalue weighted by molar-refractivity contribution is 5.82. The smallest absolute Gasteiger partial charge is 0.416 e. The molecule has 0 aliphatic heterocycles. The fourth-order valence-electron chi connectivity index (χ4n) is 1.84. The molecule has 0 aliphatic carbocycles. The summed E-state index contributed by atoms with van der Waals surface area (Å²) >= 11 is 0. The molecule has 0 aliphatic rings. The summed E-state index contributed by atoms with van der Waals surface area (Å²) in [5.74, 6) is -1.21. The molecule has 2 N–H and O–H groups in total. The number of hydrogen-bond acceptors (Lipinski definition) is 6. The molecule has 0 saturated heterocycles. The predicted octanol–water partition coefficient (Wildman–Crippen LogP) is 2.73. The van der Waals surface area contributed by atoms with Crippen LogP contribution in [0.25, 0.3) is 0 Å². The highest BCUT2D eigenvalue weighted by atomic mass is 19.4. The minimum absolute atomic E-state index is 0.121. The second-order valence-electron chi connectivity index (χ2n) is 6.10. The Kier molecular flexibility index (Phi) is 7.56. The average Bonchev–Trinajstić information content (AvgIpc) is 2.56. The number of benzene rings is 1. The maximum absolute atomic E-state index is 12.6. The summed E-state index contributed by atoms with van der Waals surface area (Å²) in [6, 6.07) is 1.75. The first-order chi connectivity index (χ1) is 12.4. The van der Waals surface area contributed by atoms with Crippen LogP contribution in [-0.4, -0.2) is 36.0 Å². The van der Waals surface area contributed by atoms with Crippen molar-refractivity contribution in [2.75, 3.05) is 18.5 Å². The van der Waals surface area contributed by atoms with E-state index in [9.17, 15) is 32.9 Å². The number of esters is 1. The molecule has 0 aromatic heterocycles. The van der Waals surface area contributed by atoms with E-state index < -0.39 is 47.4 Å². The van der Waals surface area contributed by atoms with Crippen LogP contribution >= 0.6 is 0 Å². The lowest BCUT2D eigenvalue weighted by molar-refractivity contribution is -0.384. The van der Waals surface area contributed by atoms with Gasteiger partial charge in [0.2, 0.25) is 0 Å². The number of ether oxygens (including phenoxy) is 1. The number of hydrogen-bond donors (Lipinski definition) is 2. The van der Waals surface area contributed by atoms with E-state index in [2.05, 4.69) is 10.6 Å². The zero-order valence-electron chi connectivity index (χ0n) is 14.9. The summed E-state index contributed by atoms with van der Waals surface area (Å²) in [4.78, 5) is 33.2. The van der Waals surface area contributed by atoms with Gasteiger partial charge in [-0.15, -0.1) is 0 Å². The lowest BCUT2D eigenvalue weighted by Crippen LogP contribution is -2.39. The van der Waals surface area contributed by atoms with Crippen LogP contribution in [0.2, 0.25) is 0 Å². The molecule has 0 unspecified atom stereocenters. The summed E-state index contributed by atoms with van der Waals surface area (Å²) in [6.45, 7) is 4.50. The zero-order valence-corrected chi connectivity index (χ0v) is 14.9. The Morgan fingerprint density at radius 2 is 1.89 bits per heavy atom. The van der Waals surface area contributed by atoms with Crippen molar-refractivity contribution >= 4 is 23.3 Å². The molecule has 0 heterocycles. The highest BCUT2D eigenvalue weighted by Gasteiger charge is 2.33. The topological polar surface area (TPSA) is 111 Å². The van der Waals surface area contributed by atoms with E-state index in [0.29, 0.717) is 12.1 Å². The molecule has 0 spiro atoms. The van der Waals surface area contributed by atoms with Gasteiger partial charge in [0.05, 0.1) is 10.5 Å².